The largest absolute Gasteiger partial charge is 0.494 e. The van der Waals surface area contributed by atoms with Gasteiger partial charge in [0.05, 0.1) is 18.8 Å². The van der Waals surface area contributed by atoms with Crippen molar-refractivity contribution in [2.45, 2.75) is 31.7 Å². The lowest BCUT2D eigenvalue weighted by atomic mass is 9.92. The van der Waals surface area contributed by atoms with Gasteiger partial charge >= 0.3 is 0 Å². The number of ether oxygens (including phenoxy) is 2. The van der Waals surface area contributed by atoms with Crippen LogP contribution in [0.15, 0.2) is 18.2 Å². The van der Waals surface area contributed by atoms with Crippen molar-refractivity contribution in [2.75, 3.05) is 37.1 Å². The van der Waals surface area contributed by atoms with E-state index in [1.807, 2.05) is 0 Å². The predicted octanol–water partition coefficient (Wildman–Crippen LogP) is 1.94. The highest BCUT2D eigenvalue weighted by molar-refractivity contribution is 5.98. The van der Waals surface area contributed by atoms with E-state index in [1.54, 1.807) is 30.2 Å². The van der Waals surface area contributed by atoms with Gasteiger partial charge in [0, 0.05) is 37.9 Å². The van der Waals surface area contributed by atoms with Crippen LogP contribution in [0.2, 0.25) is 0 Å². The first-order chi connectivity index (χ1) is 12.1. The number of anilines is 2. The van der Waals surface area contributed by atoms with E-state index in [4.69, 9.17) is 15.2 Å². The second kappa shape index (κ2) is 9.21. The first-order valence-corrected chi connectivity index (χ1v) is 8.72. The predicted molar refractivity (Wildman–Crippen MR) is 102 cm³/mol. The molecule has 2 aliphatic heterocycles. The molecule has 8 heteroatoms. The van der Waals surface area contributed by atoms with Crippen LogP contribution in [-0.4, -0.2) is 44.7 Å². The number of methoxy groups -OCH3 is 1. The Kier molecular flexibility index (Phi) is 7.25. The van der Waals surface area contributed by atoms with E-state index >= 15 is 0 Å². The first kappa shape index (κ1) is 20.5. The fraction of sp³-hybridized carbons (Fsp3) is 0.556. The third-order valence-corrected chi connectivity index (χ3v) is 4.89. The Hall–Kier alpha value is -1.83. The number of hydrogen-bond donors (Lipinski definition) is 2. The number of nitrogens with one attached hydrogen (secondary N) is 1. The van der Waals surface area contributed by atoms with Gasteiger partial charge in [-0.15, -0.1) is 12.4 Å². The van der Waals surface area contributed by atoms with Gasteiger partial charge in [0.15, 0.2) is 0 Å². The molecule has 0 spiro atoms. The third kappa shape index (κ3) is 4.47. The summed E-state index contributed by atoms with van der Waals surface area (Å²) < 4.78 is 10.7. The molecular formula is C18H26ClN3O4. The maximum atomic E-state index is 12.4. The van der Waals surface area contributed by atoms with Gasteiger partial charge in [-0.05, 0) is 37.3 Å². The molecule has 7 nitrogen and oxygen atoms in total. The van der Waals surface area contributed by atoms with E-state index in [1.165, 1.54) is 0 Å². The van der Waals surface area contributed by atoms with Gasteiger partial charge in [0.2, 0.25) is 11.8 Å². The maximum absolute atomic E-state index is 12.4. The summed E-state index contributed by atoms with van der Waals surface area (Å²) >= 11 is 0. The van der Waals surface area contributed by atoms with Crippen molar-refractivity contribution in [1.82, 2.24) is 0 Å². The van der Waals surface area contributed by atoms with Crippen LogP contribution in [0, 0.1) is 5.92 Å². The lowest BCUT2D eigenvalue weighted by Crippen LogP contribution is -2.44. The van der Waals surface area contributed by atoms with Crippen LogP contribution in [0.3, 0.4) is 0 Å². The number of amides is 2. The second-order valence-corrected chi connectivity index (χ2v) is 6.50. The maximum Gasteiger partial charge on any atom is 0.241 e. The first-order valence-electron chi connectivity index (χ1n) is 8.72. The fourth-order valence-corrected chi connectivity index (χ4v) is 3.40. The minimum Gasteiger partial charge on any atom is -0.494 e. The summed E-state index contributed by atoms with van der Waals surface area (Å²) in [4.78, 5) is 26.1. The lowest BCUT2D eigenvalue weighted by Gasteiger charge is -2.27. The van der Waals surface area contributed by atoms with E-state index in [2.05, 4.69) is 5.32 Å². The van der Waals surface area contributed by atoms with E-state index in [-0.39, 0.29) is 30.1 Å². The summed E-state index contributed by atoms with van der Waals surface area (Å²) in [6, 6.07) is 4.75. The van der Waals surface area contributed by atoms with Crippen molar-refractivity contribution in [3.05, 3.63) is 18.2 Å². The van der Waals surface area contributed by atoms with Crippen LogP contribution in [0.4, 0.5) is 11.4 Å². The van der Waals surface area contributed by atoms with Crippen LogP contribution < -0.4 is 20.7 Å². The standard InChI is InChI=1S/C18H25N3O4.ClH/c1-24-15-11-13(4-5-14(15)21-8-2-3-16(21)22)20-18(23)17(19)12-6-9-25-10-7-12;/h4-5,11-12,17H,2-3,6-10,19H2,1H3,(H,20,23);1H. The number of carbonyl (C=O) groups is 2. The molecular weight excluding hydrogens is 358 g/mol. The fourth-order valence-electron chi connectivity index (χ4n) is 3.40. The van der Waals surface area contributed by atoms with Crippen LogP contribution in [0.25, 0.3) is 0 Å². The van der Waals surface area contributed by atoms with Crippen molar-refractivity contribution < 1.29 is 19.1 Å². The van der Waals surface area contributed by atoms with Crippen molar-refractivity contribution in [2.24, 2.45) is 11.7 Å². The average molecular weight is 384 g/mol. The Morgan fingerprint density at radius 2 is 2.12 bits per heavy atom. The average Bonchev–Trinajstić information content (AvgIpc) is 3.07. The Morgan fingerprint density at radius 1 is 1.38 bits per heavy atom. The molecule has 2 heterocycles. The number of carbonyl (C=O) groups excluding carboxylic acids is 2. The number of nitrogens with zero attached hydrogens (tertiary/aromatic N) is 1. The Morgan fingerprint density at radius 3 is 2.73 bits per heavy atom. The highest BCUT2D eigenvalue weighted by Gasteiger charge is 2.27. The van der Waals surface area contributed by atoms with Crippen LogP contribution >= 0.6 is 12.4 Å². The summed E-state index contributed by atoms with van der Waals surface area (Å²) in [5, 5.41) is 2.85. The molecule has 2 aliphatic rings. The Balaban J connectivity index is 0.00000243. The molecule has 144 valence electrons. The quantitative estimate of drug-likeness (QED) is 0.810. The van der Waals surface area contributed by atoms with Crippen LogP contribution in [0.5, 0.6) is 5.75 Å². The van der Waals surface area contributed by atoms with Crippen molar-refractivity contribution in [1.29, 1.82) is 0 Å². The molecule has 3 N–H and O–H groups in total. The molecule has 0 bridgehead atoms. The number of rotatable bonds is 5. The SMILES string of the molecule is COc1cc(NC(=O)C(N)C2CCOCC2)ccc1N1CCCC1=O.Cl. The number of halogens is 1. The van der Waals surface area contributed by atoms with E-state index in [0.717, 1.165) is 24.9 Å². The molecule has 0 saturated carbocycles. The van der Waals surface area contributed by atoms with E-state index < -0.39 is 6.04 Å². The minimum atomic E-state index is -0.560. The number of benzene rings is 1. The van der Waals surface area contributed by atoms with Gasteiger partial charge in [-0.25, -0.2) is 0 Å². The van der Waals surface area contributed by atoms with Gasteiger partial charge in [-0.2, -0.15) is 0 Å². The third-order valence-electron chi connectivity index (χ3n) is 4.89. The molecule has 1 aromatic carbocycles. The number of nitrogens with two attached hydrogens (primary N) is 1. The van der Waals surface area contributed by atoms with Gasteiger partial charge < -0.3 is 25.4 Å². The zero-order valence-electron chi connectivity index (χ0n) is 14.9. The molecule has 2 fully saturated rings. The molecule has 26 heavy (non-hydrogen) atoms. The summed E-state index contributed by atoms with van der Waals surface area (Å²) in [5.74, 6) is 0.584. The number of hydrogen-bond acceptors (Lipinski definition) is 5. The molecule has 2 saturated heterocycles. The minimum absolute atomic E-state index is 0. The van der Waals surface area contributed by atoms with Crippen molar-refractivity contribution in [3.8, 4) is 5.75 Å². The Labute approximate surface area is 159 Å². The molecule has 0 radical (unpaired) electrons. The smallest absolute Gasteiger partial charge is 0.241 e. The lowest BCUT2D eigenvalue weighted by molar-refractivity contribution is -0.119. The molecule has 3 rings (SSSR count). The zero-order valence-corrected chi connectivity index (χ0v) is 15.7. The Bertz CT molecular complexity index is 649. The molecule has 1 unspecified atom stereocenters. The van der Waals surface area contributed by atoms with Crippen LogP contribution in [-0.2, 0) is 14.3 Å². The van der Waals surface area contributed by atoms with Crippen molar-refractivity contribution in [3.63, 3.8) is 0 Å². The van der Waals surface area contributed by atoms with Crippen molar-refractivity contribution >= 4 is 35.6 Å². The topological polar surface area (TPSA) is 93.9 Å². The molecule has 2 amide bonds. The monoisotopic (exact) mass is 383 g/mol. The summed E-state index contributed by atoms with van der Waals surface area (Å²) in [7, 11) is 1.55. The second-order valence-electron chi connectivity index (χ2n) is 6.50. The summed E-state index contributed by atoms with van der Waals surface area (Å²) in [6.45, 7) is 1.99. The van der Waals surface area contributed by atoms with Gasteiger partial charge in [-0.1, -0.05) is 0 Å². The van der Waals surface area contributed by atoms with Crippen LogP contribution in [0.1, 0.15) is 25.7 Å². The normalized spacial score (nSPS) is 19.0. The van der Waals surface area contributed by atoms with Gasteiger partial charge in [0.25, 0.3) is 0 Å². The van der Waals surface area contributed by atoms with E-state index in [9.17, 15) is 9.59 Å². The molecule has 1 aromatic rings. The zero-order chi connectivity index (χ0) is 17.8. The molecule has 0 aromatic heterocycles. The highest BCUT2D eigenvalue weighted by atomic mass is 35.5. The molecule has 0 aliphatic carbocycles. The van der Waals surface area contributed by atoms with Gasteiger partial charge in [-0.3, -0.25) is 9.59 Å². The highest BCUT2D eigenvalue weighted by Crippen LogP contribution is 2.34. The molecule has 1 atom stereocenters. The summed E-state index contributed by atoms with van der Waals surface area (Å²) in [5.41, 5.74) is 7.45. The van der Waals surface area contributed by atoms with Gasteiger partial charge in [0.1, 0.15) is 5.75 Å². The summed E-state index contributed by atoms with van der Waals surface area (Å²) in [6.07, 6.45) is 3.00. The van der Waals surface area contributed by atoms with E-state index in [0.29, 0.717) is 37.6 Å².